The summed E-state index contributed by atoms with van der Waals surface area (Å²) in [6.45, 7) is 1.89. The lowest BCUT2D eigenvalue weighted by atomic mass is 10.2. The third-order valence-corrected chi connectivity index (χ3v) is 4.59. The maximum absolute atomic E-state index is 12.3. The zero-order valence-corrected chi connectivity index (χ0v) is 14.3. The SMILES string of the molecule is Cc1ccc(NC(=O)C2CC2C(=O)Nc2ccc(C#N)cc2)cc1Cl. The van der Waals surface area contributed by atoms with E-state index >= 15 is 0 Å². The van der Waals surface area contributed by atoms with Gasteiger partial charge in [-0.2, -0.15) is 5.26 Å². The number of carbonyl (C=O) groups is 2. The highest BCUT2D eigenvalue weighted by molar-refractivity contribution is 6.31. The van der Waals surface area contributed by atoms with Gasteiger partial charge in [-0.1, -0.05) is 17.7 Å². The summed E-state index contributed by atoms with van der Waals surface area (Å²) < 4.78 is 0. The number of nitriles is 1. The number of anilines is 2. The Morgan fingerprint density at radius 1 is 1.04 bits per heavy atom. The summed E-state index contributed by atoms with van der Waals surface area (Å²) in [4.78, 5) is 24.5. The quantitative estimate of drug-likeness (QED) is 0.878. The van der Waals surface area contributed by atoms with Crippen LogP contribution in [0.4, 0.5) is 11.4 Å². The van der Waals surface area contributed by atoms with E-state index in [4.69, 9.17) is 16.9 Å². The molecule has 2 atom stereocenters. The van der Waals surface area contributed by atoms with Crippen molar-refractivity contribution in [1.82, 2.24) is 0 Å². The minimum absolute atomic E-state index is 0.181. The Balaban J connectivity index is 1.55. The highest BCUT2D eigenvalue weighted by Crippen LogP contribution is 2.40. The number of aryl methyl sites for hydroxylation is 1. The number of hydrogen-bond acceptors (Lipinski definition) is 3. The van der Waals surface area contributed by atoms with E-state index in [-0.39, 0.29) is 23.7 Å². The highest BCUT2D eigenvalue weighted by Gasteiger charge is 2.48. The number of rotatable bonds is 4. The summed E-state index contributed by atoms with van der Waals surface area (Å²) >= 11 is 6.05. The first-order chi connectivity index (χ1) is 12.0. The van der Waals surface area contributed by atoms with Crippen LogP contribution >= 0.6 is 11.6 Å². The average molecular weight is 354 g/mol. The van der Waals surface area contributed by atoms with Crippen molar-refractivity contribution in [3.8, 4) is 6.07 Å². The number of amides is 2. The first kappa shape index (κ1) is 17.0. The number of nitrogens with one attached hydrogen (secondary N) is 2. The molecule has 126 valence electrons. The molecule has 1 aliphatic rings. The Bertz CT molecular complexity index is 871. The Morgan fingerprint density at radius 3 is 2.16 bits per heavy atom. The van der Waals surface area contributed by atoms with Gasteiger partial charge in [-0.05, 0) is 55.3 Å². The van der Waals surface area contributed by atoms with Crippen molar-refractivity contribution in [3.63, 3.8) is 0 Å². The van der Waals surface area contributed by atoms with Gasteiger partial charge in [-0.25, -0.2) is 0 Å². The van der Waals surface area contributed by atoms with Crippen molar-refractivity contribution < 1.29 is 9.59 Å². The molecule has 0 aliphatic heterocycles. The van der Waals surface area contributed by atoms with Gasteiger partial charge >= 0.3 is 0 Å². The number of halogens is 1. The molecule has 6 heteroatoms. The van der Waals surface area contributed by atoms with Gasteiger partial charge in [0.1, 0.15) is 0 Å². The molecule has 0 saturated heterocycles. The van der Waals surface area contributed by atoms with Gasteiger partial charge in [0.25, 0.3) is 0 Å². The molecular weight excluding hydrogens is 338 g/mol. The molecule has 25 heavy (non-hydrogen) atoms. The van der Waals surface area contributed by atoms with Crippen LogP contribution in [0.25, 0.3) is 0 Å². The normalized spacial score (nSPS) is 18.1. The largest absolute Gasteiger partial charge is 0.326 e. The van der Waals surface area contributed by atoms with E-state index in [0.29, 0.717) is 28.4 Å². The Kier molecular flexibility index (Phi) is 4.73. The number of hydrogen-bond donors (Lipinski definition) is 2. The smallest absolute Gasteiger partial charge is 0.228 e. The van der Waals surface area contributed by atoms with E-state index in [0.717, 1.165) is 5.56 Å². The monoisotopic (exact) mass is 353 g/mol. The van der Waals surface area contributed by atoms with Crippen LogP contribution in [0.5, 0.6) is 0 Å². The molecule has 1 fully saturated rings. The molecule has 1 saturated carbocycles. The molecule has 0 aromatic heterocycles. The molecule has 2 aromatic carbocycles. The van der Waals surface area contributed by atoms with E-state index in [1.807, 2.05) is 19.1 Å². The second-order valence-electron chi connectivity index (χ2n) is 6.08. The molecule has 0 heterocycles. The molecule has 1 aliphatic carbocycles. The van der Waals surface area contributed by atoms with Crippen LogP contribution in [0, 0.1) is 30.1 Å². The second kappa shape index (κ2) is 6.96. The van der Waals surface area contributed by atoms with Crippen LogP contribution in [-0.4, -0.2) is 11.8 Å². The number of benzene rings is 2. The molecule has 2 amide bonds. The molecule has 2 unspecified atom stereocenters. The molecule has 5 nitrogen and oxygen atoms in total. The van der Waals surface area contributed by atoms with Crippen molar-refractivity contribution in [1.29, 1.82) is 5.26 Å². The minimum atomic E-state index is -0.337. The van der Waals surface area contributed by atoms with Crippen molar-refractivity contribution >= 4 is 34.8 Å². The average Bonchev–Trinajstić information content (AvgIpc) is 3.40. The lowest BCUT2D eigenvalue weighted by molar-refractivity contribution is -0.122. The molecule has 3 rings (SSSR count). The van der Waals surface area contributed by atoms with Crippen LogP contribution in [0.2, 0.25) is 5.02 Å². The van der Waals surface area contributed by atoms with Crippen LogP contribution in [0.1, 0.15) is 17.5 Å². The fourth-order valence-corrected chi connectivity index (χ4v) is 2.72. The Hall–Kier alpha value is -2.84. The van der Waals surface area contributed by atoms with Crippen LogP contribution in [0.15, 0.2) is 42.5 Å². The van der Waals surface area contributed by atoms with Gasteiger partial charge in [-0.15, -0.1) is 0 Å². The molecular formula is C19H16ClN3O2. The number of carbonyl (C=O) groups excluding carboxylic acids is 2. The standard InChI is InChI=1S/C19H16ClN3O2/c1-11-2-5-14(8-17(11)20)23-19(25)16-9-15(16)18(24)22-13-6-3-12(10-21)4-7-13/h2-8,15-16H,9H2,1H3,(H,22,24)(H,23,25). The Morgan fingerprint density at radius 2 is 1.60 bits per heavy atom. The summed E-state index contributed by atoms with van der Waals surface area (Å²) in [5.41, 5.74) is 2.70. The van der Waals surface area contributed by atoms with Crippen molar-refractivity contribution in [3.05, 3.63) is 58.6 Å². The van der Waals surface area contributed by atoms with Gasteiger partial charge in [-0.3, -0.25) is 9.59 Å². The third-order valence-electron chi connectivity index (χ3n) is 4.18. The lowest BCUT2D eigenvalue weighted by Crippen LogP contribution is -2.20. The van der Waals surface area contributed by atoms with Crippen LogP contribution < -0.4 is 10.6 Å². The topological polar surface area (TPSA) is 82.0 Å². The predicted octanol–water partition coefficient (Wildman–Crippen LogP) is 3.73. The first-order valence-corrected chi connectivity index (χ1v) is 8.24. The summed E-state index contributed by atoms with van der Waals surface area (Å²) in [5, 5.41) is 14.9. The maximum Gasteiger partial charge on any atom is 0.228 e. The first-order valence-electron chi connectivity index (χ1n) is 7.86. The van der Waals surface area contributed by atoms with E-state index in [1.165, 1.54) is 0 Å². The molecule has 2 N–H and O–H groups in total. The van der Waals surface area contributed by atoms with Gasteiger partial charge in [0, 0.05) is 16.4 Å². The van der Waals surface area contributed by atoms with Gasteiger partial charge in [0.15, 0.2) is 0 Å². The van der Waals surface area contributed by atoms with Gasteiger partial charge in [0.05, 0.1) is 23.5 Å². The molecule has 0 radical (unpaired) electrons. The second-order valence-corrected chi connectivity index (χ2v) is 6.49. The predicted molar refractivity (Wildman–Crippen MR) is 96.2 cm³/mol. The van der Waals surface area contributed by atoms with Crippen LogP contribution in [0.3, 0.4) is 0 Å². The van der Waals surface area contributed by atoms with Crippen molar-refractivity contribution in [2.75, 3.05) is 10.6 Å². The molecule has 0 bridgehead atoms. The van der Waals surface area contributed by atoms with Crippen LogP contribution in [-0.2, 0) is 9.59 Å². The van der Waals surface area contributed by atoms with Gasteiger partial charge in [0.2, 0.25) is 11.8 Å². The molecule has 2 aromatic rings. The van der Waals surface area contributed by atoms with Crippen molar-refractivity contribution in [2.24, 2.45) is 11.8 Å². The summed E-state index contributed by atoms with van der Waals surface area (Å²) in [7, 11) is 0. The summed E-state index contributed by atoms with van der Waals surface area (Å²) in [5.74, 6) is -1.04. The van der Waals surface area contributed by atoms with Gasteiger partial charge < -0.3 is 10.6 Å². The maximum atomic E-state index is 12.3. The fourth-order valence-electron chi connectivity index (χ4n) is 2.54. The van der Waals surface area contributed by atoms with Crippen molar-refractivity contribution in [2.45, 2.75) is 13.3 Å². The number of nitrogens with zero attached hydrogens (tertiary/aromatic N) is 1. The summed E-state index contributed by atoms with van der Waals surface area (Å²) in [6.07, 6.45) is 0.521. The Labute approximate surface area is 150 Å². The fraction of sp³-hybridized carbons (Fsp3) is 0.211. The third kappa shape index (κ3) is 3.98. The zero-order chi connectivity index (χ0) is 18.0. The summed E-state index contributed by atoms with van der Waals surface area (Å²) in [6, 6.07) is 13.9. The van der Waals surface area contributed by atoms with E-state index in [9.17, 15) is 9.59 Å². The van der Waals surface area contributed by atoms with E-state index in [2.05, 4.69) is 10.6 Å². The lowest BCUT2D eigenvalue weighted by Gasteiger charge is -2.07. The highest BCUT2D eigenvalue weighted by atomic mass is 35.5. The zero-order valence-electron chi connectivity index (χ0n) is 13.5. The van der Waals surface area contributed by atoms with E-state index in [1.54, 1.807) is 36.4 Å². The van der Waals surface area contributed by atoms with E-state index < -0.39 is 0 Å². The minimum Gasteiger partial charge on any atom is -0.326 e. The molecule has 0 spiro atoms.